The molecule has 0 amide bonds. The Balaban J connectivity index is 1.78. The van der Waals surface area contributed by atoms with Gasteiger partial charge in [-0.05, 0) is 54.6 Å². The Labute approximate surface area is 197 Å². The molecule has 0 aliphatic carbocycles. The molecule has 0 aliphatic rings. The quantitative estimate of drug-likeness (QED) is 0.334. The molecule has 5 rings (SSSR count). The summed E-state index contributed by atoms with van der Waals surface area (Å²) in [5.74, 6) is -0.312. The van der Waals surface area contributed by atoms with E-state index >= 15 is 0 Å². The van der Waals surface area contributed by atoms with E-state index in [-0.39, 0.29) is 16.1 Å². The van der Waals surface area contributed by atoms with Crippen LogP contribution in [-0.4, -0.2) is 35.9 Å². The molecule has 8 heteroatoms. The number of nitrogens with zero attached hydrogens (tertiary/aromatic N) is 3. The lowest BCUT2D eigenvalue weighted by Gasteiger charge is -2.26. The highest BCUT2D eigenvalue weighted by Gasteiger charge is 2.28. The van der Waals surface area contributed by atoms with Crippen molar-refractivity contribution in [3.8, 4) is 5.69 Å². The minimum Gasteiger partial charge on any atom is -0.384 e. The Morgan fingerprint density at radius 3 is 2.29 bits per heavy atom. The van der Waals surface area contributed by atoms with Gasteiger partial charge in [-0.3, -0.25) is 0 Å². The number of hydrogen-bond donors (Lipinski definition) is 0. The Bertz CT molecular complexity index is 1600. The van der Waals surface area contributed by atoms with Crippen molar-refractivity contribution >= 4 is 31.8 Å². The predicted molar refractivity (Wildman–Crippen MR) is 130 cm³/mol. The summed E-state index contributed by atoms with van der Waals surface area (Å²) in [4.78, 5) is 0.172. The molecular weight excluding hydrogens is 453 g/mol. The molecule has 3 aromatic carbocycles. The summed E-state index contributed by atoms with van der Waals surface area (Å²) < 4.78 is 48.8. The van der Waals surface area contributed by atoms with Crippen molar-refractivity contribution in [3.63, 3.8) is 0 Å². The van der Waals surface area contributed by atoms with E-state index in [4.69, 9.17) is 4.74 Å². The predicted octanol–water partition coefficient (Wildman–Crippen LogP) is 5.28. The molecule has 0 atom stereocenters. The second-order valence-corrected chi connectivity index (χ2v) is 10.7. The molecule has 0 unspecified atom stereocenters. The van der Waals surface area contributed by atoms with E-state index in [0.717, 1.165) is 26.4 Å². The second kappa shape index (κ2) is 8.07. The first kappa shape index (κ1) is 22.3. The lowest BCUT2D eigenvalue weighted by molar-refractivity contribution is 0.144. The third-order valence-corrected chi connectivity index (χ3v) is 7.62. The van der Waals surface area contributed by atoms with E-state index in [1.807, 2.05) is 18.2 Å². The van der Waals surface area contributed by atoms with Gasteiger partial charge in [-0.15, -0.1) is 0 Å². The highest BCUT2D eigenvalue weighted by atomic mass is 32.2. The van der Waals surface area contributed by atoms with Crippen LogP contribution in [0.5, 0.6) is 0 Å². The fraction of sp³-hybridized carbons (Fsp3) is 0.192. The van der Waals surface area contributed by atoms with Crippen molar-refractivity contribution in [2.75, 3.05) is 13.7 Å². The van der Waals surface area contributed by atoms with E-state index in [1.54, 1.807) is 55.8 Å². The number of hydrogen-bond acceptors (Lipinski definition) is 4. The highest BCUT2D eigenvalue weighted by Crippen LogP contribution is 2.35. The fourth-order valence-electron chi connectivity index (χ4n) is 4.39. The van der Waals surface area contributed by atoms with Gasteiger partial charge in [0.1, 0.15) is 5.82 Å². The van der Waals surface area contributed by atoms with Crippen molar-refractivity contribution in [3.05, 3.63) is 90.5 Å². The van der Waals surface area contributed by atoms with Gasteiger partial charge in [0.2, 0.25) is 0 Å². The molecule has 0 bridgehead atoms. The first-order valence-electron chi connectivity index (χ1n) is 10.8. The van der Waals surface area contributed by atoms with Crippen LogP contribution in [-0.2, 0) is 20.2 Å². The van der Waals surface area contributed by atoms with Crippen LogP contribution in [0.1, 0.15) is 19.5 Å². The Morgan fingerprint density at radius 2 is 1.62 bits per heavy atom. The third kappa shape index (κ3) is 3.59. The number of benzene rings is 3. The average molecular weight is 478 g/mol. The average Bonchev–Trinajstić information content (AvgIpc) is 3.40. The summed E-state index contributed by atoms with van der Waals surface area (Å²) in [5.41, 5.74) is 2.77. The number of halogens is 1. The molecule has 0 aliphatic heterocycles. The molecule has 2 heterocycles. The van der Waals surface area contributed by atoms with Crippen molar-refractivity contribution in [2.45, 2.75) is 24.2 Å². The number of rotatable bonds is 6. The Morgan fingerprint density at radius 1 is 0.941 bits per heavy atom. The molecule has 0 saturated heterocycles. The molecule has 34 heavy (non-hydrogen) atoms. The minimum absolute atomic E-state index is 0.172. The van der Waals surface area contributed by atoms with Gasteiger partial charge in [0.15, 0.2) is 0 Å². The summed E-state index contributed by atoms with van der Waals surface area (Å²) in [6.07, 6.45) is 1.55. The van der Waals surface area contributed by atoms with Crippen molar-refractivity contribution in [1.82, 2.24) is 13.8 Å². The van der Waals surface area contributed by atoms with Crippen LogP contribution in [0.2, 0.25) is 0 Å². The van der Waals surface area contributed by atoms with Gasteiger partial charge in [0.05, 0.1) is 28.7 Å². The van der Waals surface area contributed by atoms with Crippen LogP contribution in [0.3, 0.4) is 0 Å². The normalized spacial score (nSPS) is 12.6. The number of ether oxygens (including phenoxy) is 1. The SMILES string of the molecule is COCC(C)(C)c1cc2cc3c(cnn3S(=O)(=O)c3ccccc3)cc2n1-c1ccc(F)cc1. The van der Waals surface area contributed by atoms with Crippen LogP contribution < -0.4 is 0 Å². The maximum atomic E-state index is 13.7. The van der Waals surface area contributed by atoms with Crippen LogP contribution in [0.25, 0.3) is 27.5 Å². The molecule has 0 saturated carbocycles. The number of aromatic nitrogens is 3. The van der Waals surface area contributed by atoms with Gasteiger partial charge in [0.25, 0.3) is 10.0 Å². The summed E-state index contributed by atoms with van der Waals surface area (Å²) in [5, 5.41) is 5.74. The van der Waals surface area contributed by atoms with Crippen LogP contribution in [0, 0.1) is 5.82 Å². The van der Waals surface area contributed by atoms with E-state index < -0.39 is 10.0 Å². The largest absolute Gasteiger partial charge is 0.384 e. The van der Waals surface area contributed by atoms with Crippen LogP contribution in [0.4, 0.5) is 4.39 Å². The van der Waals surface area contributed by atoms with Crippen molar-refractivity contribution in [2.24, 2.45) is 0 Å². The van der Waals surface area contributed by atoms with Crippen LogP contribution >= 0.6 is 0 Å². The molecule has 0 fully saturated rings. The lowest BCUT2D eigenvalue weighted by Crippen LogP contribution is -2.26. The zero-order valence-corrected chi connectivity index (χ0v) is 19.9. The molecule has 5 aromatic rings. The van der Waals surface area contributed by atoms with E-state index in [1.165, 1.54) is 12.1 Å². The number of fused-ring (bicyclic) bond motifs is 2. The fourth-order valence-corrected chi connectivity index (χ4v) is 5.68. The summed E-state index contributed by atoms with van der Waals surface area (Å²) >= 11 is 0. The zero-order valence-electron chi connectivity index (χ0n) is 19.1. The molecule has 0 spiro atoms. The van der Waals surface area contributed by atoms with Gasteiger partial charge >= 0.3 is 0 Å². The van der Waals surface area contributed by atoms with Crippen molar-refractivity contribution < 1.29 is 17.5 Å². The van der Waals surface area contributed by atoms with Gasteiger partial charge < -0.3 is 9.30 Å². The van der Waals surface area contributed by atoms with E-state index in [0.29, 0.717) is 17.5 Å². The minimum atomic E-state index is -3.85. The topological polar surface area (TPSA) is 66.1 Å². The Kier molecular flexibility index (Phi) is 5.30. The first-order chi connectivity index (χ1) is 16.2. The summed E-state index contributed by atoms with van der Waals surface area (Å²) in [6.45, 7) is 4.62. The highest BCUT2D eigenvalue weighted by molar-refractivity contribution is 7.90. The monoisotopic (exact) mass is 477 g/mol. The summed E-state index contributed by atoms with van der Waals surface area (Å²) in [7, 11) is -2.19. The van der Waals surface area contributed by atoms with Gasteiger partial charge in [-0.2, -0.15) is 17.6 Å². The smallest absolute Gasteiger partial charge is 0.283 e. The molecule has 6 nitrogen and oxygen atoms in total. The van der Waals surface area contributed by atoms with Crippen LogP contribution in [0.15, 0.2) is 83.9 Å². The molecule has 174 valence electrons. The summed E-state index contributed by atoms with van der Waals surface area (Å²) in [6, 6.07) is 20.4. The molecular formula is C26H24FN3O3S. The van der Waals surface area contributed by atoms with Crippen molar-refractivity contribution in [1.29, 1.82) is 0 Å². The van der Waals surface area contributed by atoms with E-state index in [9.17, 15) is 12.8 Å². The van der Waals surface area contributed by atoms with E-state index in [2.05, 4.69) is 23.5 Å². The van der Waals surface area contributed by atoms with Gasteiger partial charge in [-0.25, -0.2) is 4.39 Å². The standard InChI is InChI=1S/C26H24FN3O3S/c1-26(2,17-33-3)25-15-18-13-24-19(14-23(18)29(25)21-11-9-20(27)10-12-21)16-28-30(24)34(31,32)22-7-5-4-6-8-22/h4-16H,17H2,1-3H3. The first-order valence-corrected chi connectivity index (χ1v) is 12.3. The lowest BCUT2D eigenvalue weighted by atomic mass is 9.90. The maximum Gasteiger partial charge on any atom is 0.283 e. The number of methoxy groups -OCH3 is 1. The van der Waals surface area contributed by atoms with Gasteiger partial charge in [-0.1, -0.05) is 32.0 Å². The maximum absolute atomic E-state index is 13.7. The molecule has 0 radical (unpaired) electrons. The third-order valence-electron chi connectivity index (χ3n) is 6.01. The van der Waals surface area contributed by atoms with Gasteiger partial charge in [0, 0.05) is 34.7 Å². The Hall–Kier alpha value is -3.49. The zero-order chi connectivity index (χ0) is 24.1. The molecule has 2 aromatic heterocycles. The molecule has 0 N–H and O–H groups in total. The second-order valence-electron chi connectivity index (χ2n) is 8.93.